The van der Waals surface area contributed by atoms with Crippen molar-refractivity contribution in [2.45, 2.75) is 19.9 Å². The number of benzene rings is 3. The first-order chi connectivity index (χ1) is 16.7. The van der Waals surface area contributed by atoms with Crippen LogP contribution in [0.15, 0.2) is 72.3 Å². The third kappa shape index (κ3) is 3.85. The summed E-state index contributed by atoms with van der Waals surface area (Å²) in [7, 11) is 0. The molecule has 8 nitrogen and oxygen atoms in total. The minimum atomic E-state index is -1.00. The second-order valence-electron chi connectivity index (χ2n) is 8.35. The zero-order valence-corrected chi connectivity index (χ0v) is 19.6. The Labute approximate surface area is 203 Å². The average Bonchev–Trinajstić information content (AvgIpc) is 3.37. The molecule has 1 aromatic heterocycles. The van der Waals surface area contributed by atoms with Gasteiger partial charge < -0.3 is 5.11 Å². The zero-order chi connectivity index (χ0) is 24.9. The van der Waals surface area contributed by atoms with Crippen molar-refractivity contribution in [1.82, 2.24) is 4.98 Å². The van der Waals surface area contributed by atoms with Gasteiger partial charge in [-0.3, -0.25) is 24.6 Å². The fraction of sp³-hybridized carbons (Fsp3) is 0.115. The number of non-ortho nitro benzene ring substituents is 1. The van der Waals surface area contributed by atoms with Crippen LogP contribution in [0.5, 0.6) is 0 Å². The first-order valence-corrected chi connectivity index (χ1v) is 11.6. The first kappa shape index (κ1) is 22.4. The molecular weight excluding hydrogens is 466 g/mol. The summed E-state index contributed by atoms with van der Waals surface area (Å²) in [6, 6.07) is 17.2. The van der Waals surface area contributed by atoms with Gasteiger partial charge in [0.2, 0.25) is 0 Å². The Morgan fingerprint density at radius 3 is 2.31 bits per heavy atom. The van der Waals surface area contributed by atoms with E-state index < -0.39 is 22.7 Å². The van der Waals surface area contributed by atoms with Crippen molar-refractivity contribution >= 4 is 49.8 Å². The Morgan fingerprint density at radius 1 is 1.00 bits per heavy atom. The molecule has 3 aromatic carbocycles. The number of nitro groups is 1. The van der Waals surface area contributed by atoms with Gasteiger partial charge in [-0.1, -0.05) is 47.2 Å². The molecule has 0 spiro atoms. The molecule has 1 fully saturated rings. The normalized spacial score (nSPS) is 17.3. The first-order valence-electron chi connectivity index (χ1n) is 10.7. The molecule has 0 aliphatic carbocycles. The number of thiazole rings is 1. The summed E-state index contributed by atoms with van der Waals surface area (Å²) in [6.45, 7) is 3.85. The van der Waals surface area contributed by atoms with Crippen LogP contribution in [-0.2, 0) is 9.59 Å². The van der Waals surface area contributed by atoms with E-state index in [-0.39, 0.29) is 17.0 Å². The summed E-state index contributed by atoms with van der Waals surface area (Å²) in [5.74, 6) is -1.98. The van der Waals surface area contributed by atoms with E-state index in [0.29, 0.717) is 21.8 Å². The van der Waals surface area contributed by atoms with Crippen LogP contribution in [0.25, 0.3) is 16.0 Å². The van der Waals surface area contributed by atoms with Crippen molar-refractivity contribution in [3.05, 3.63) is 105 Å². The lowest BCUT2D eigenvalue weighted by molar-refractivity contribution is -0.384. The van der Waals surface area contributed by atoms with Crippen molar-refractivity contribution in [1.29, 1.82) is 0 Å². The number of nitro benzene ring substituents is 1. The van der Waals surface area contributed by atoms with E-state index in [9.17, 15) is 24.8 Å². The number of nitrogens with zero attached hydrogens (tertiary/aromatic N) is 3. The van der Waals surface area contributed by atoms with E-state index in [1.165, 1.54) is 40.5 Å². The molecule has 174 valence electrons. The highest BCUT2D eigenvalue weighted by molar-refractivity contribution is 7.22. The minimum Gasteiger partial charge on any atom is -0.507 e. The number of aliphatic hydroxyl groups excluding tert-OH is 1. The third-order valence-electron chi connectivity index (χ3n) is 5.93. The molecule has 1 amide bonds. The van der Waals surface area contributed by atoms with E-state index in [2.05, 4.69) is 4.98 Å². The smallest absolute Gasteiger partial charge is 0.301 e. The monoisotopic (exact) mass is 485 g/mol. The molecular formula is C26H19N3O5S. The van der Waals surface area contributed by atoms with Crippen molar-refractivity contribution < 1.29 is 19.6 Å². The Kier molecular flexibility index (Phi) is 5.41. The molecule has 9 heteroatoms. The van der Waals surface area contributed by atoms with Gasteiger partial charge in [0.05, 0.1) is 26.8 Å². The molecule has 1 atom stereocenters. The molecule has 2 heterocycles. The van der Waals surface area contributed by atoms with Crippen LogP contribution in [-0.4, -0.2) is 26.7 Å². The van der Waals surface area contributed by atoms with Gasteiger partial charge in [0.15, 0.2) is 5.13 Å². The lowest BCUT2D eigenvalue weighted by Crippen LogP contribution is -2.29. The topological polar surface area (TPSA) is 114 Å². The molecule has 0 radical (unpaired) electrons. The van der Waals surface area contributed by atoms with Gasteiger partial charge in [0, 0.05) is 17.7 Å². The Morgan fingerprint density at radius 2 is 1.66 bits per heavy atom. The number of carbonyl (C=O) groups excluding carboxylic acids is 2. The van der Waals surface area contributed by atoms with Crippen molar-refractivity contribution in [2.75, 3.05) is 4.90 Å². The van der Waals surface area contributed by atoms with Crippen LogP contribution in [0.3, 0.4) is 0 Å². The molecule has 5 rings (SSSR count). The number of anilines is 1. The lowest BCUT2D eigenvalue weighted by atomic mass is 9.95. The van der Waals surface area contributed by atoms with Crippen LogP contribution >= 0.6 is 11.3 Å². The molecule has 1 aliphatic heterocycles. The average molecular weight is 486 g/mol. The van der Waals surface area contributed by atoms with Crippen LogP contribution in [0.1, 0.15) is 28.3 Å². The van der Waals surface area contributed by atoms with Crippen LogP contribution < -0.4 is 4.90 Å². The number of hydrogen-bond acceptors (Lipinski definition) is 7. The molecule has 0 unspecified atom stereocenters. The maximum Gasteiger partial charge on any atom is 0.301 e. The molecule has 0 bridgehead atoms. The molecule has 35 heavy (non-hydrogen) atoms. The number of Topliss-reactive ketones (excluding diaryl/α,β-unsaturated/α-hetero) is 1. The van der Waals surface area contributed by atoms with Gasteiger partial charge in [0.1, 0.15) is 5.76 Å². The highest BCUT2D eigenvalue weighted by Gasteiger charge is 2.48. The van der Waals surface area contributed by atoms with E-state index in [1.807, 2.05) is 32.0 Å². The Balaban J connectivity index is 1.72. The molecule has 1 aliphatic rings. The number of hydrogen-bond donors (Lipinski definition) is 1. The number of fused-ring (bicyclic) bond motifs is 1. The fourth-order valence-electron chi connectivity index (χ4n) is 4.11. The second kappa shape index (κ2) is 8.44. The van der Waals surface area contributed by atoms with Crippen molar-refractivity contribution in [2.24, 2.45) is 0 Å². The number of carbonyl (C=O) groups is 2. The Bertz CT molecular complexity index is 1540. The number of amides is 1. The molecule has 1 saturated heterocycles. The predicted octanol–water partition coefficient (Wildman–Crippen LogP) is 5.45. The molecule has 4 aromatic rings. The fourth-order valence-corrected chi connectivity index (χ4v) is 5.20. The summed E-state index contributed by atoms with van der Waals surface area (Å²) in [5, 5.41) is 22.6. The lowest BCUT2D eigenvalue weighted by Gasteiger charge is -2.22. The van der Waals surface area contributed by atoms with Gasteiger partial charge in [-0.25, -0.2) is 4.98 Å². The highest BCUT2D eigenvalue weighted by atomic mass is 32.1. The van der Waals surface area contributed by atoms with E-state index in [0.717, 1.165) is 15.8 Å². The number of aliphatic hydroxyl groups is 1. The summed E-state index contributed by atoms with van der Waals surface area (Å²) in [5.41, 5.74) is 3.29. The van der Waals surface area contributed by atoms with Gasteiger partial charge in [-0.2, -0.15) is 0 Å². The maximum absolute atomic E-state index is 13.3. The number of aromatic nitrogens is 1. The SMILES string of the molecule is Cc1ccc(/C(O)=C2\C(=O)C(=O)N(c3nc4ccc(C)cc4s3)[C@H]2c2ccc([N+](=O)[O-])cc2)cc1. The summed E-state index contributed by atoms with van der Waals surface area (Å²) in [4.78, 5) is 43.0. The largest absolute Gasteiger partial charge is 0.507 e. The number of ketones is 1. The van der Waals surface area contributed by atoms with E-state index >= 15 is 0 Å². The summed E-state index contributed by atoms with van der Waals surface area (Å²) < 4.78 is 0.850. The quantitative estimate of drug-likeness (QED) is 0.135. The zero-order valence-electron chi connectivity index (χ0n) is 18.8. The maximum atomic E-state index is 13.3. The number of rotatable bonds is 4. The molecule has 1 N–H and O–H groups in total. The van der Waals surface area contributed by atoms with Crippen molar-refractivity contribution in [3.8, 4) is 0 Å². The van der Waals surface area contributed by atoms with Crippen LogP contribution in [0.2, 0.25) is 0 Å². The van der Waals surface area contributed by atoms with E-state index in [1.54, 1.807) is 24.3 Å². The van der Waals surface area contributed by atoms with Crippen LogP contribution in [0.4, 0.5) is 10.8 Å². The van der Waals surface area contributed by atoms with Crippen LogP contribution in [0, 0.1) is 24.0 Å². The second-order valence-corrected chi connectivity index (χ2v) is 9.36. The van der Waals surface area contributed by atoms with Gasteiger partial charge in [-0.15, -0.1) is 0 Å². The minimum absolute atomic E-state index is 0.0943. The Hall–Kier alpha value is -4.37. The summed E-state index contributed by atoms with van der Waals surface area (Å²) in [6.07, 6.45) is 0. The molecule has 0 saturated carbocycles. The van der Waals surface area contributed by atoms with E-state index in [4.69, 9.17) is 0 Å². The third-order valence-corrected chi connectivity index (χ3v) is 6.95. The predicted molar refractivity (Wildman–Crippen MR) is 133 cm³/mol. The summed E-state index contributed by atoms with van der Waals surface area (Å²) >= 11 is 1.26. The number of aryl methyl sites for hydroxylation is 2. The van der Waals surface area contributed by atoms with Gasteiger partial charge in [0.25, 0.3) is 11.5 Å². The highest BCUT2D eigenvalue weighted by Crippen LogP contribution is 2.44. The van der Waals surface area contributed by atoms with Gasteiger partial charge >= 0.3 is 5.91 Å². The van der Waals surface area contributed by atoms with Crippen molar-refractivity contribution in [3.63, 3.8) is 0 Å². The van der Waals surface area contributed by atoms with Gasteiger partial charge in [-0.05, 0) is 49.2 Å². The standard InChI is InChI=1S/C26H19N3O5S/c1-14-3-6-17(7-4-14)23(30)21-22(16-8-10-18(11-9-16)29(33)34)28(25(32)24(21)31)26-27-19-12-5-15(2)13-20(19)35-26/h3-13,22,30H,1-2H3/b23-21+/t22-/m0/s1.